The van der Waals surface area contributed by atoms with Crippen LogP contribution in [0.3, 0.4) is 0 Å². The minimum Gasteiger partial charge on any atom is -0.425 e. The van der Waals surface area contributed by atoms with Gasteiger partial charge in [0.1, 0.15) is 5.15 Å². The van der Waals surface area contributed by atoms with E-state index in [1.165, 1.54) is 12.3 Å². The van der Waals surface area contributed by atoms with Crippen molar-refractivity contribution < 1.29 is 5.21 Å². The normalized spacial score (nSPS) is 9.44. The van der Waals surface area contributed by atoms with Gasteiger partial charge in [-0.25, -0.2) is 0 Å². The third-order valence-corrected chi connectivity index (χ3v) is 0.993. The lowest BCUT2D eigenvalue weighted by molar-refractivity contribution is 0.165. The number of halogens is 1. The minimum atomic E-state index is -0.275. The standard InChI is InChI=1S/C4H4ClN3O/c5-3-1-2-8(9)4(6)7-3/h1-2,6,9H. The van der Waals surface area contributed by atoms with Gasteiger partial charge >= 0.3 is 0 Å². The maximum Gasteiger partial charge on any atom is 0.256 e. The van der Waals surface area contributed by atoms with Gasteiger partial charge in [0, 0.05) is 0 Å². The zero-order chi connectivity index (χ0) is 6.85. The second kappa shape index (κ2) is 2.06. The average Bonchev–Trinajstić information content (AvgIpc) is 1.80. The first-order chi connectivity index (χ1) is 4.20. The summed E-state index contributed by atoms with van der Waals surface area (Å²) in [5.41, 5.74) is -0.275. The molecule has 0 spiro atoms. The molecular formula is C4H4ClN3O. The Labute approximate surface area is 55.8 Å². The molecule has 5 heteroatoms. The van der Waals surface area contributed by atoms with Gasteiger partial charge in [0.2, 0.25) is 0 Å². The first kappa shape index (κ1) is 6.10. The van der Waals surface area contributed by atoms with Gasteiger partial charge in [-0.2, -0.15) is 9.71 Å². The second-order valence-corrected chi connectivity index (χ2v) is 1.81. The molecule has 0 aliphatic heterocycles. The average molecular weight is 146 g/mol. The molecule has 1 aromatic heterocycles. The largest absolute Gasteiger partial charge is 0.425 e. The van der Waals surface area contributed by atoms with Gasteiger partial charge in [-0.05, 0) is 6.07 Å². The summed E-state index contributed by atoms with van der Waals surface area (Å²) >= 11 is 5.36. The van der Waals surface area contributed by atoms with E-state index in [1.54, 1.807) is 0 Å². The molecule has 0 radical (unpaired) electrons. The van der Waals surface area contributed by atoms with Crippen molar-refractivity contribution in [1.29, 1.82) is 5.41 Å². The van der Waals surface area contributed by atoms with Crippen LogP contribution in [0.2, 0.25) is 5.15 Å². The van der Waals surface area contributed by atoms with E-state index in [1.807, 2.05) is 0 Å². The van der Waals surface area contributed by atoms with Crippen molar-refractivity contribution in [3.63, 3.8) is 0 Å². The Hall–Kier alpha value is -1.03. The number of hydrogen-bond acceptors (Lipinski definition) is 3. The molecule has 9 heavy (non-hydrogen) atoms. The second-order valence-electron chi connectivity index (χ2n) is 1.42. The molecule has 2 N–H and O–H groups in total. The van der Waals surface area contributed by atoms with Crippen molar-refractivity contribution in [2.45, 2.75) is 0 Å². The van der Waals surface area contributed by atoms with Crippen LogP contribution in [0.25, 0.3) is 0 Å². The van der Waals surface area contributed by atoms with Gasteiger partial charge < -0.3 is 5.21 Å². The van der Waals surface area contributed by atoms with Gasteiger partial charge in [-0.1, -0.05) is 11.6 Å². The van der Waals surface area contributed by atoms with Gasteiger partial charge in [-0.3, -0.25) is 5.41 Å². The Kier molecular flexibility index (Phi) is 1.40. The van der Waals surface area contributed by atoms with Crippen molar-refractivity contribution in [2.75, 3.05) is 0 Å². The zero-order valence-corrected chi connectivity index (χ0v) is 5.13. The fourth-order valence-corrected chi connectivity index (χ4v) is 0.529. The molecule has 0 unspecified atom stereocenters. The van der Waals surface area contributed by atoms with E-state index >= 15 is 0 Å². The molecule has 0 bridgehead atoms. The number of rotatable bonds is 0. The van der Waals surface area contributed by atoms with Gasteiger partial charge in [-0.15, -0.1) is 0 Å². The van der Waals surface area contributed by atoms with Gasteiger partial charge in [0.25, 0.3) is 5.62 Å². The molecule has 0 aliphatic rings. The number of nitrogens with one attached hydrogen (secondary N) is 1. The van der Waals surface area contributed by atoms with E-state index in [9.17, 15) is 0 Å². The lowest BCUT2D eigenvalue weighted by atomic mass is 10.7. The maximum atomic E-state index is 8.65. The zero-order valence-electron chi connectivity index (χ0n) is 4.37. The highest BCUT2D eigenvalue weighted by atomic mass is 35.5. The van der Waals surface area contributed by atoms with Crippen molar-refractivity contribution in [1.82, 2.24) is 9.71 Å². The molecule has 0 fully saturated rings. The van der Waals surface area contributed by atoms with E-state index in [0.29, 0.717) is 4.73 Å². The predicted molar refractivity (Wildman–Crippen MR) is 30.3 cm³/mol. The third-order valence-electron chi connectivity index (χ3n) is 0.783. The van der Waals surface area contributed by atoms with Crippen molar-refractivity contribution in [2.24, 2.45) is 0 Å². The molecule has 1 aromatic rings. The van der Waals surface area contributed by atoms with Crippen LogP contribution in [0.15, 0.2) is 12.3 Å². The number of hydrogen-bond donors (Lipinski definition) is 2. The van der Waals surface area contributed by atoms with Crippen molar-refractivity contribution in [3.8, 4) is 0 Å². The topological polar surface area (TPSA) is 61.9 Å². The summed E-state index contributed by atoms with van der Waals surface area (Å²) in [5, 5.41) is 15.7. The van der Waals surface area contributed by atoms with E-state index in [2.05, 4.69) is 4.98 Å². The highest BCUT2D eigenvalue weighted by Gasteiger charge is 1.88. The van der Waals surface area contributed by atoms with E-state index in [4.69, 9.17) is 22.2 Å². The summed E-state index contributed by atoms with van der Waals surface area (Å²) in [5.74, 6) is 0. The molecule has 0 saturated heterocycles. The molecule has 48 valence electrons. The Morgan fingerprint density at radius 3 is 2.89 bits per heavy atom. The number of aromatic nitrogens is 2. The maximum absolute atomic E-state index is 8.65. The summed E-state index contributed by atoms with van der Waals surface area (Å²) in [4.78, 5) is 3.42. The van der Waals surface area contributed by atoms with Crippen LogP contribution in [-0.4, -0.2) is 14.9 Å². The summed E-state index contributed by atoms with van der Waals surface area (Å²) < 4.78 is 0.575. The highest BCUT2D eigenvalue weighted by Crippen LogP contribution is 1.95. The highest BCUT2D eigenvalue weighted by molar-refractivity contribution is 6.29. The SMILES string of the molecule is N=c1nc(Cl)ccn1O. The molecule has 1 heterocycles. The van der Waals surface area contributed by atoms with Crippen LogP contribution in [0.4, 0.5) is 0 Å². The smallest absolute Gasteiger partial charge is 0.256 e. The minimum absolute atomic E-state index is 0.199. The van der Waals surface area contributed by atoms with Crippen molar-refractivity contribution >= 4 is 11.6 Å². The summed E-state index contributed by atoms with van der Waals surface area (Å²) in [6.45, 7) is 0. The van der Waals surface area contributed by atoms with Crippen LogP contribution in [-0.2, 0) is 0 Å². The molecular weight excluding hydrogens is 142 g/mol. The molecule has 0 aromatic carbocycles. The van der Waals surface area contributed by atoms with Crippen LogP contribution in [0.5, 0.6) is 0 Å². The lowest BCUT2D eigenvalue weighted by Gasteiger charge is -1.92. The molecule has 0 amide bonds. The first-order valence-corrected chi connectivity index (χ1v) is 2.57. The Bertz CT molecular complexity index is 269. The van der Waals surface area contributed by atoms with Gasteiger partial charge in [0.15, 0.2) is 0 Å². The summed E-state index contributed by atoms with van der Waals surface area (Å²) in [6, 6.07) is 1.39. The van der Waals surface area contributed by atoms with E-state index in [0.717, 1.165) is 0 Å². The molecule has 4 nitrogen and oxygen atoms in total. The fraction of sp³-hybridized carbons (Fsp3) is 0. The summed E-state index contributed by atoms with van der Waals surface area (Å²) in [6.07, 6.45) is 1.25. The Morgan fingerprint density at radius 2 is 2.44 bits per heavy atom. The quantitative estimate of drug-likeness (QED) is 0.406. The van der Waals surface area contributed by atoms with Crippen LogP contribution in [0, 0.1) is 5.41 Å². The monoisotopic (exact) mass is 145 g/mol. The third kappa shape index (κ3) is 1.20. The van der Waals surface area contributed by atoms with E-state index in [-0.39, 0.29) is 10.8 Å². The number of nitrogens with zero attached hydrogens (tertiary/aromatic N) is 2. The Balaban J connectivity index is 3.34. The molecule has 0 atom stereocenters. The predicted octanol–water partition coefficient (Wildman–Crippen LogP) is 0.253. The van der Waals surface area contributed by atoms with Crippen molar-refractivity contribution in [3.05, 3.63) is 23.0 Å². The molecule has 0 aliphatic carbocycles. The Morgan fingerprint density at radius 1 is 1.78 bits per heavy atom. The molecule has 1 rings (SSSR count). The van der Waals surface area contributed by atoms with Crippen LogP contribution >= 0.6 is 11.6 Å². The first-order valence-electron chi connectivity index (χ1n) is 2.19. The lowest BCUT2D eigenvalue weighted by Crippen LogP contribution is -2.19. The fourth-order valence-electron chi connectivity index (χ4n) is 0.392. The summed E-state index contributed by atoms with van der Waals surface area (Å²) in [7, 11) is 0. The van der Waals surface area contributed by atoms with Crippen LogP contribution < -0.4 is 5.62 Å². The van der Waals surface area contributed by atoms with Gasteiger partial charge in [0.05, 0.1) is 6.20 Å². The molecule has 0 saturated carbocycles. The van der Waals surface area contributed by atoms with Crippen LogP contribution in [0.1, 0.15) is 0 Å². The van der Waals surface area contributed by atoms with E-state index < -0.39 is 0 Å².